The Morgan fingerprint density at radius 2 is 2.08 bits per heavy atom. The Kier molecular flexibility index (Phi) is 3.46. The zero-order valence-corrected chi connectivity index (χ0v) is 13.3. The van der Waals surface area contributed by atoms with Crippen molar-refractivity contribution in [1.82, 2.24) is 14.6 Å². The third kappa shape index (κ3) is 2.42. The van der Waals surface area contributed by atoms with Crippen LogP contribution in [0.3, 0.4) is 0 Å². The molecule has 0 radical (unpaired) electrons. The first-order chi connectivity index (χ1) is 12.2. The first kappa shape index (κ1) is 14.9. The van der Waals surface area contributed by atoms with Crippen LogP contribution in [0, 0.1) is 0 Å². The van der Waals surface area contributed by atoms with Crippen molar-refractivity contribution in [2.75, 3.05) is 7.11 Å². The highest BCUT2D eigenvalue weighted by molar-refractivity contribution is 6.04. The topological polar surface area (TPSA) is 92.5 Å². The number of phenols is 1. The van der Waals surface area contributed by atoms with Crippen LogP contribution >= 0.6 is 0 Å². The van der Waals surface area contributed by atoms with Gasteiger partial charge < -0.3 is 14.8 Å². The Morgan fingerprint density at radius 1 is 1.24 bits per heavy atom. The van der Waals surface area contributed by atoms with E-state index in [9.17, 15) is 9.90 Å². The number of hydrogen-bond acceptors (Lipinski definition) is 5. The summed E-state index contributed by atoms with van der Waals surface area (Å²) in [6.07, 6.45) is 2.74. The van der Waals surface area contributed by atoms with Crippen molar-refractivity contribution in [3.05, 3.63) is 64.7 Å². The molecule has 7 nitrogen and oxygen atoms in total. The van der Waals surface area contributed by atoms with Crippen LogP contribution in [-0.2, 0) is 0 Å². The molecule has 0 amide bonds. The second kappa shape index (κ2) is 5.79. The predicted molar refractivity (Wildman–Crippen MR) is 95.5 cm³/mol. The molecule has 2 heterocycles. The molecule has 0 unspecified atom stereocenters. The lowest BCUT2D eigenvalue weighted by atomic mass is 10.2. The zero-order chi connectivity index (χ0) is 17.4. The lowest BCUT2D eigenvalue weighted by Crippen LogP contribution is -2.17. The van der Waals surface area contributed by atoms with E-state index in [0.717, 1.165) is 15.6 Å². The van der Waals surface area contributed by atoms with E-state index >= 15 is 0 Å². The molecule has 0 fully saturated rings. The summed E-state index contributed by atoms with van der Waals surface area (Å²) < 4.78 is 6.18. The lowest BCUT2D eigenvalue weighted by Gasteiger charge is -2.05. The van der Waals surface area contributed by atoms with E-state index in [2.05, 4.69) is 15.1 Å². The average Bonchev–Trinajstić information content (AvgIpc) is 3.02. The lowest BCUT2D eigenvalue weighted by molar-refractivity contribution is 0.373. The second-order valence-corrected chi connectivity index (χ2v) is 5.43. The van der Waals surface area contributed by atoms with Crippen LogP contribution in [0.4, 0.5) is 0 Å². The molecule has 0 saturated heterocycles. The summed E-state index contributed by atoms with van der Waals surface area (Å²) in [5, 5.41) is 15.1. The first-order valence-corrected chi connectivity index (χ1v) is 7.57. The minimum absolute atomic E-state index is 0.0403. The summed E-state index contributed by atoms with van der Waals surface area (Å²) in [5.41, 5.74) is 1.95. The second-order valence-electron chi connectivity index (χ2n) is 5.43. The van der Waals surface area contributed by atoms with Gasteiger partial charge in [-0.2, -0.15) is 9.78 Å². The van der Waals surface area contributed by atoms with Crippen molar-refractivity contribution < 1.29 is 9.84 Å². The number of phenolic OH excluding ortho intramolecular Hbond substituents is 1. The summed E-state index contributed by atoms with van der Waals surface area (Å²) in [7, 11) is 1.47. The van der Waals surface area contributed by atoms with Gasteiger partial charge in [0.1, 0.15) is 17.4 Å². The van der Waals surface area contributed by atoms with E-state index in [-0.39, 0.29) is 11.3 Å². The number of rotatable bonds is 3. The molecule has 0 spiro atoms. The monoisotopic (exact) mass is 334 g/mol. The van der Waals surface area contributed by atoms with Crippen molar-refractivity contribution in [3.8, 4) is 11.5 Å². The van der Waals surface area contributed by atoms with Gasteiger partial charge in [-0.25, -0.2) is 4.98 Å². The summed E-state index contributed by atoms with van der Waals surface area (Å²) in [6, 6.07) is 12.6. The van der Waals surface area contributed by atoms with E-state index in [1.54, 1.807) is 18.2 Å². The highest BCUT2D eigenvalue weighted by Gasteiger charge is 2.10. The molecule has 2 N–H and O–H groups in total. The molecule has 124 valence electrons. The smallest absolute Gasteiger partial charge is 0.298 e. The number of aromatic nitrogens is 3. The highest BCUT2D eigenvalue weighted by atomic mass is 16.5. The quantitative estimate of drug-likeness (QED) is 0.563. The van der Waals surface area contributed by atoms with Gasteiger partial charge in [0.2, 0.25) is 0 Å². The number of H-pyrrole nitrogens is 1. The number of para-hydroxylation sites is 2. The van der Waals surface area contributed by atoms with Crippen molar-refractivity contribution in [2.45, 2.75) is 0 Å². The number of nitrogens with zero attached hydrogens (tertiary/aromatic N) is 3. The summed E-state index contributed by atoms with van der Waals surface area (Å²) >= 11 is 0. The number of ether oxygens (including phenoxy) is 1. The molecule has 4 aromatic rings. The molecule has 0 bridgehead atoms. The Bertz CT molecular complexity index is 1170. The number of benzene rings is 2. The van der Waals surface area contributed by atoms with Crippen molar-refractivity contribution in [3.63, 3.8) is 0 Å². The molecular formula is C18H14N4O3. The summed E-state index contributed by atoms with van der Waals surface area (Å²) in [6.45, 7) is 0. The molecule has 25 heavy (non-hydrogen) atoms. The molecule has 2 aromatic carbocycles. The van der Waals surface area contributed by atoms with Crippen LogP contribution < -0.4 is 10.3 Å². The third-order valence-corrected chi connectivity index (χ3v) is 3.97. The Hall–Kier alpha value is -3.61. The number of aromatic hydroxyl groups is 1. The molecule has 0 atom stereocenters. The van der Waals surface area contributed by atoms with Gasteiger partial charge >= 0.3 is 0 Å². The number of aromatic amines is 1. The van der Waals surface area contributed by atoms with Crippen LogP contribution in [0.25, 0.3) is 21.9 Å². The van der Waals surface area contributed by atoms with Gasteiger partial charge in [0.15, 0.2) is 11.5 Å². The molecule has 7 heteroatoms. The fourth-order valence-corrected chi connectivity index (χ4v) is 2.71. The largest absolute Gasteiger partial charge is 0.504 e. The van der Waals surface area contributed by atoms with Crippen molar-refractivity contribution in [1.29, 1.82) is 0 Å². The fourth-order valence-electron chi connectivity index (χ4n) is 2.71. The number of hydrogen-bond donors (Lipinski definition) is 2. The van der Waals surface area contributed by atoms with Gasteiger partial charge in [0, 0.05) is 16.5 Å². The highest BCUT2D eigenvalue weighted by Crippen LogP contribution is 2.28. The summed E-state index contributed by atoms with van der Waals surface area (Å²) in [5.74, 6) is 0.293. The molecule has 0 aliphatic carbocycles. The van der Waals surface area contributed by atoms with Gasteiger partial charge in [-0.3, -0.25) is 4.79 Å². The van der Waals surface area contributed by atoms with Gasteiger partial charge in [0.05, 0.1) is 13.3 Å². The molecule has 0 saturated carbocycles. The van der Waals surface area contributed by atoms with Crippen LogP contribution in [-0.4, -0.2) is 33.1 Å². The molecule has 2 aromatic heterocycles. The normalized spacial score (nSPS) is 11.6. The van der Waals surface area contributed by atoms with Crippen LogP contribution in [0.2, 0.25) is 0 Å². The minimum atomic E-state index is -0.320. The Balaban J connectivity index is 1.81. The predicted octanol–water partition coefficient (Wildman–Crippen LogP) is 2.47. The first-order valence-electron chi connectivity index (χ1n) is 7.57. The van der Waals surface area contributed by atoms with Gasteiger partial charge in [-0.05, 0) is 18.2 Å². The van der Waals surface area contributed by atoms with Crippen LogP contribution in [0.1, 0.15) is 5.56 Å². The van der Waals surface area contributed by atoms with E-state index in [1.165, 1.54) is 19.7 Å². The maximum absolute atomic E-state index is 12.6. The molecular weight excluding hydrogens is 320 g/mol. The number of nitrogens with one attached hydrogen (secondary N) is 1. The van der Waals surface area contributed by atoms with E-state index in [0.29, 0.717) is 22.3 Å². The van der Waals surface area contributed by atoms with Crippen LogP contribution in [0.15, 0.2) is 58.7 Å². The maximum Gasteiger partial charge on any atom is 0.298 e. The number of fused-ring (bicyclic) bond motifs is 3. The SMILES string of the molecule is COc1cccc(/C=N\n2cnc3c([nH]c4ccccc43)c2=O)c1O. The molecule has 4 rings (SSSR count). The van der Waals surface area contributed by atoms with Gasteiger partial charge in [-0.1, -0.05) is 24.3 Å². The van der Waals surface area contributed by atoms with Crippen LogP contribution in [0.5, 0.6) is 11.5 Å². The van der Waals surface area contributed by atoms with Gasteiger partial charge in [0.25, 0.3) is 5.56 Å². The summed E-state index contributed by atoms with van der Waals surface area (Å²) in [4.78, 5) is 20.0. The van der Waals surface area contributed by atoms with E-state index in [1.807, 2.05) is 24.3 Å². The molecule has 0 aliphatic rings. The van der Waals surface area contributed by atoms with Crippen molar-refractivity contribution >= 4 is 28.2 Å². The Labute approximate surface area is 141 Å². The third-order valence-electron chi connectivity index (χ3n) is 3.97. The zero-order valence-electron chi connectivity index (χ0n) is 13.3. The van der Waals surface area contributed by atoms with Gasteiger partial charge in [-0.15, -0.1) is 0 Å². The Morgan fingerprint density at radius 3 is 2.92 bits per heavy atom. The average molecular weight is 334 g/mol. The molecule has 0 aliphatic heterocycles. The van der Waals surface area contributed by atoms with E-state index in [4.69, 9.17) is 4.74 Å². The van der Waals surface area contributed by atoms with E-state index < -0.39 is 0 Å². The fraction of sp³-hybridized carbons (Fsp3) is 0.0556. The minimum Gasteiger partial charge on any atom is -0.504 e. The van der Waals surface area contributed by atoms with Crippen molar-refractivity contribution in [2.24, 2.45) is 5.10 Å². The number of methoxy groups -OCH3 is 1. The maximum atomic E-state index is 12.6. The standard InChI is InChI=1S/C18H14N4O3/c1-25-14-8-4-5-11(17(14)23)9-20-22-10-19-15-12-6-2-3-7-13(12)21-16(15)18(22)24/h2-10,21,23H,1H3/b20-9-.